The van der Waals surface area contributed by atoms with Crippen molar-refractivity contribution in [3.05, 3.63) is 35.4 Å². The van der Waals surface area contributed by atoms with Crippen molar-refractivity contribution in [2.75, 3.05) is 13.7 Å². The van der Waals surface area contributed by atoms with E-state index in [2.05, 4.69) is 5.32 Å². The van der Waals surface area contributed by atoms with Crippen molar-refractivity contribution in [2.24, 2.45) is 0 Å². The highest BCUT2D eigenvalue weighted by atomic mass is 19.1. The van der Waals surface area contributed by atoms with Crippen molar-refractivity contribution >= 4 is 0 Å². The van der Waals surface area contributed by atoms with E-state index in [1.807, 2.05) is 20.8 Å². The zero-order chi connectivity index (χ0) is 13.8. The molecule has 102 valence electrons. The average Bonchev–Trinajstić information content (AvgIpc) is 2.26. The van der Waals surface area contributed by atoms with Crippen molar-refractivity contribution in [2.45, 2.75) is 38.8 Å². The first-order valence-corrected chi connectivity index (χ1v) is 6.07. The molecule has 2 nitrogen and oxygen atoms in total. The van der Waals surface area contributed by atoms with Gasteiger partial charge in [-0.1, -0.05) is 6.07 Å². The Hall–Kier alpha value is -1.00. The van der Waals surface area contributed by atoms with Gasteiger partial charge in [0.15, 0.2) is 0 Å². The summed E-state index contributed by atoms with van der Waals surface area (Å²) in [5.41, 5.74) is -0.155. The lowest BCUT2D eigenvalue weighted by molar-refractivity contribution is -0.0136. The van der Waals surface area contributed by atoms with Crippen molar-refractivity contribution < 1.29 is 13.5 Å². The molecule has 1 aromatic rings. The van der Waals surface area contributed by atoms with Crippen LogP contribution in [0, 0.1) is 11.6 Å². The molecule has 4 heteroatoms. The summed E-state index contributed by atoms with van der Waals surface area (Å²) >= 11 is 0. The van der Waals surface area contributed by atoms with Gasteiger partial charge in [-0.2, -0.15) is 0 Å². The first-order chi connectivity index (χ1) is 8.33. The van der Waals surface area contributed by atoms with Crippen molar-refractivity contribution in [3.8, 4) is 0 Å². The average molecular weight is 257 g/mol. The van der Waals surface area contributed by atoms with Gasteiger partial charge in [-0.25, -0.2) is 8.78 Å². The Morgan fingerprint density at radius 1 is 1.22 bits per heavy atom. The highest BCUT2D eigenvalue weighted by Gasteiger charge is 2.18. The van der Waals surface area contributed by atoms with Gasteiger partial charge in [-0.3, -0.25) is 0 Å². The number of hydrogen-bond donors (Lipinski definition) is 1. The van der Waals surface area contributed by atoms with E-state index in [-0.39, 0.29) is 23.6 Å². The highest BCUT2D eigenvalue weighted by Crippen LogP contribution is 2.15. The first kappa shape index (κ1) is 15.1. The molecule has 1 unspecified atom stereocenters. The normalized spacial score (nSPS) is 13.7. The fraction of sp³-hybridized carbons (Fsp3) is 0.571. The maximum atomic E-state index is 13.5. The highest BCUT2D eigenvalue weighted by molar-refractivity contribution is 5.20. The van der Waals surface area contributed by atoms with Gasteiger partial charge in [0.2, 0.25) is 0 Å². The minimum atomic E-state index is -0.508. The van der Waals surface area contributed by atoms with Crippen LogP contribution in [0.25, 0.3) is 0 Å². The van der Waals surface area contributed by atoms with Crippen molar-refractivity contribution in [3.63, 3.8) is 0 Å². The number of rotatable bonds is 5. The third-order valence-corrected chi connectivity index (χ3v) is 2.64. The zero-order valence-electron chi connectivity index (χ0n) is 11.4. The van der Waals surface area contributed by atoms with E-state index < -0.39 is 11.6 Å². The van der Waals surface area contributed by atoms with E-state index >= 15 is 0 Å². The quantitative estimate of drug-likeness (QED) is 0.875. The van der Waals surface area contributed by atoms with Crippen LogP contribution < -0.4 is 5.32 Å². The third-order valence-electron chi connectivity index (χ3n) is 2.64. The molecule has 0 spiro atoms. The number of benzene rings is 1. The Balaban J connectivity index is 2.68. The molecule has 1 rings (SSSR count). The second kappa shape index (κ2) is 6.25. The summed E-state index contributed by atoms with van der Waals surface area (Å²) in [6, 6.07) is 3.80. The molecule has 0 heterocycles. The Morgan fingerprint density at radius 2 is 1.78 bits per heavy atom. The lowest BCUT2D eigenvalue weighted by Crippen LogP contribution is -2.36. The van der Waals surface area contributed by atoms with Gasteiger partial charge in [0.1, 0.15) is 11.6 Å². The molecule has 0 aliphatic heterocycles. The van der Waals surface area contributed by atoms with Gasteiger partial charge in [0.05, 0.1) is 12.2 Å². The summed E-state index contributed by atoms with van der Waals surface area (Å²) in [6.45, 7) is 6.25. The molecule has 1 aromatic carbocycles. The van der Waals surface area contributed by atoms with Gasteiger partial charge in [-0.15, -0.1) is 0 Å². The second-order valence-corrected chi connectivity index (χ2v) is 5.31. The summed E-state index contributed by atoms with van der Waals surface area (Å²) in [6.07, 6.45) is 0.269. The Bertz CT molecular complexity index is 368. The Kier molecular flexibility index (Phi) is 5.23. The predicted octanol–water partition coefficient (Wildman–Crippen LogP) is 2.91. The van der Waals surface area contributed by atoms with Crippen LogP contribution in [0.1, 0.15) is 26.3 Å². The van der Waals surface area contributed by atoms with Crippen LogP contribution >= 0.6 is 0 Å². The van der Waals surface area contributed by atoms with Gasteiger partial charge in [0, 0.05) is 11.6 Å². The van der Waals surface area contributed by atoms with E-state index in [1.54, 1.807) is 7.05 Å². The van der Waals surface area contributed by atoms with Gasteiger partial charge < -0.3 is 10.1 Å². The van der Waals surface area contributed by atoms with Crippen molar-refractivity contribution in [1.29, 1.82) is 0 Å². The number of hydrogen-bond acceptors (Lipinski definition) is 2. The summed E-state index contributed by atoms with van der Waals surface area (Å²) in [5.74, 6) is -1.02. The van der Waals surface area contributed by atoms with Gasteiger partial charge >= 0.3 is 0 Å². The van der Waals surface area contributed by atoms with E-state index in [0.717, 1.165) is 0 Å². The summed E-state index contributed by atoms with van der Waals surface area (Å²) < 4.78 is 32.7. The lowest BCUT2D eigenvalue weighted by Gasteiger charge is -2.24. The molecule has 0 saturated carbocycles. The largest absolute Gasteiger partial charge is 0.374 e. The van der Waals surface area contributed by atoms with Crippen LogP contribution in [0.15, 0.2) is 18.2 Å². The smallest absolute Gasteiger partial charge is 0.129 e. The third kappa shape index (κ3) is 4.70. The maximum Gasteiger partial charge on any atom is 0.129 e. The first-order valence-electron chi connectivity index (χ1n) is 6.07. The number of nitrogens with one attached hydrogen (secondary N) is 1. The predicted molar refractivity (Wildman–Crippen MR) is 68.6 cm³/mol. The molecule has 18 heavy (non-hydrogen) atoms. The molecule has 0 fully saturated rings. The van der Waals surface area contributed by atoms with Gasteiger partial charge in [0.25, 0.3) is 0 Å². The minimum Gasteiger partial charge on any atom is -0.374 e. The monoisotopic (exact) mass is 257 g/mol. The summed E-state index contributed by atoms with van der Waals surface area (Å²) in [4.78, 5) is 0. The number of likely N-dealkylation sites (N-methyl/N-ethyl adjacent to an activating group) is 1. The van der Waals surface area contributed by atoms with Crippen molar-refractivity contribution in [1.82, 2.24) is 5.32 Å². The standard InChI is InChI=1S/C14H21F2NO/c1-14(2,3)18-9-10(17-4)8-11-12(15)6-5-7-13(11)16/h5-7,10,17H,8-9H2,1-4H3. The molecule has 1 atom stereocenters. The van der Waals surface area contributed by atoms with E-state index in [4.69, 9.17) is 4.74 Å². The Morgan fingerprint density at radius 3 is 2.22 bits per heavy atom. The zero-order valence-corrected chi connectivity index (χ0v) is 11.4. The summed E-state index contributed by atoms with van der Waals surface area (Å²) in [5, 5.41) is 3.02. The molecule has 0 aliphatic carbocycles. The second-order valence-electron chi connectivity index (χ2n) is 5.31. The molecule has 0 amide bonds. The van der Waals surface area contributed by atoms with Gasteiger partial charge in [-0.05, 0) is 46.4 Å². The van der Waals surface area contributed by atoms with E-state index in [0.29, 0.717) is 6.61 Å². The molecule has 0 radical (unpaired) electrons. The number of ether oxygens (including phenoxy) is 1. The molecule has 0 aliphatic rings. The number of halogens is 2. The van der Waals surface area contributed by atoms with E-state index in [9.17, 15) is 8.78 Å². The fourth-order valence-corrected chi connectivity index (χ4v) is 1.57. The molecule has 0 bridgehead atoms. The minimum absolute atomic E-state index is 0.106. The summed E-state index contributed by atoms with van der Waals surface area (Å²) in [7, 11) is 1.76. The molecule has 0 saturated heterocycles. The topological polar surface area (TPSA) is 21.3 Å². The van der Waals surface area contributed by atoms with Crippen LogP contribution in [0.3, 0.4) is 0 Å². The van der Waals surface area contributed by atoms with Crippen LogP contribution in [-0.4, -0.2) is 25.3 Å². The molecular weight excluding hydrogens is 236 g/mol. The fourth-order valence-electron chi connectivity index (χ4n) is 1.57. The van der Waals surface area contributed by atoms with Crippen LogP contribution in [0.2, 0.25) is 0 Å². The SMILES string of the molecule is CNC(COC(C)(C)C)Cc1c(F)cccc1F. The molecular formula is C14H21F2NO. The van der Waals surface area contributed by atoms with E-state index in [1.165, 1.54) is 18.2 Å². The molecule has 0 aromatic heterocycles. The van der Waals surface area contributed by atoms with Crippen LogP contribution in [0.5, 0.6) is 0 Å². The Labute approximate surface area is 107 Å². The maximum absolute atomic E-state index is 13.5. The van der Waals surface area contributed by atoms with Crippen LogP contribution in [-0.2, 0) is 11.2 Å². The lowest BCUT2D eigenvalue weighted by atomic mass is 10.0. The molecule has 1 N–H and O–H groups in total. The van der Waals surface area contributed by atoms with Crippen LogP contribution in [0.4, 0.5) is 8.78 Å².